The van der Waals surface area contributed by atoms with Crippen LogP contribution in [0.15, 0.2) is 12.1 Å². The van der Waals surface area contributed by atoms with E-state index in [1.165, 1.54) is 5.56 Å². The molecule has 0 aromatic heterocycles. The van der Waals surface area contributed by atoms with Crippen molar-refractivity contribution in [3.63, 3.8) is 0 Å². The Morgan fingerprint density at radius 1 is 1.34 bits per heavy atom. The lowest BCUT2D eigenvalue weighted by Gasteiger charge is -2.65. The van der Waals surface area contributed by atoms with E-state index in [2.05, 4.69) is 37.2 Å². The summed E-state index contributed by atoms with van der Waals surface area (Å²) < 4.78 is 19.1. The Kier molecular flexibility index (Phi) is 5.93. The number of benzene rings is 1. The quantitative estimate of drug-likeness (QED) is 0.596. The first-order valence-corrected chi connectivity index (χ1v) is 13.3. The molecule has 194 valence electrons. The number of likely N-dealkylation sites (tertiary alicyclic amines) is 1. The summed E-state index contributed by atoms with van der Waals surface area (Å²) in [6, 6.07) is 3.58. The van der Waals surface area contributed by atoms with E-state index in [-0.39, 0.29) is 41.2 Å². The van der Waals surface area contributed by atoms with E-state index >= 15 is 0 Å². The molecular formula is C28H42N2O5. The number of aromatic hydroxyl groups is 1. The van der Waals surface area contributed by atoms with Crippen molar-refractivity contribution in [2.24, 2.45) is 5.92 Å². The number of nitrogens with zero attached hydrogens (tertiary/aromatic N) is 1. The highest BCUT2D eigenvalue weighted by Crippen LogP contribution is 2.66. The van der Waals surface area contributed by atoms with E-state index in [4.69, 9.17) is 14.2 Å². The number of methoxy groups -OCH3 is 1. The number of phenolic OH excluding ortho intramolecular Hbond substituents is 1. The van der Waals surface area contributed by atoms with Crippen LogP contribution in [0.1, 0.15) is 71.4 Å². The number of rotatable bonds is 6. The third-order valence-corrected chi connectivity index (χ3v) is 9.32. The van der Waals surface area contributed by atoms with E-state index in [0.29, 0.717) is 5.75 Å². The molecule has 2 heterocycles. The van der Waals surface area contributed by atoms with Crippen LogP contribution in [0.3, 0.4) is 0 Å². The van der Waals surface area contributed by atoms with Crippen LogP contribution in [0.2, 0.25) is 0 Å². The minimum atomic E-state index is -0.549. The number of nitrogens with one attached hydrogen (secondary N) is 1. The molecule has 2 aliphatic carbocycles. The average molecular weight is 487 g/mol. The molecule has 0 radical (unpaired) electrons. The van der Waals surface area contributed by atoms with Gasteiger partial charge in [0.25, 0.3) is 0 Å². The van der Waals surface area contributed by atoms with Gasteiger partial charge in [-0.15, -0.1) is 0 Å². The maximum Gasteiger partial charge on any atom is 0.323 e. The van der Waals surface area contributed by atoms with Crippen molar-refractivity contribution < 1.29 is 24.1 Å². The van der Waals surface area contributed by atoms with Crippen LogP contribution in [0.5, 0.6) is 11.5 Å². The first-order chi connectivity index (χ1) is 16.5. The van der Waals surface area contributed by atoms with Crippen LogP contribution in [0.4, 0.5) is 0 Å². The molecule has 2 unspecified atom stereocenters. The predicted octanol–water partition coefficient (Wildman–Crippen LogP) is 3.54. The summed E-state index contributed by atoms with van der Waals surface area (Å²) in [5.74, 6) is 0.708. The van der Waals surface area contributed by atoms with Crippen molar-refractivity contribution >= 4 is 5.97 Å². The molecule has 2 bridgehead atoms. The molecule has 1 saturated carbocycles. The number of carbonyl (C=O) groups is 1. The molecule has 2 aliphatic heterocycles. The van der Waals surface area contributed by atoms with Crippen molar-refractivity contribution in [3.05, 3.63) is 23.3 Å². The monoisotopic (exact) mass is 486 g/mol. The lowest BCUT2D eigenvalue weighted by Crippen LogP contribution is -2.78. The van der Waals surface area contributed by atoms with Gasteiger partial charge in [0.15, 0.2) is 11.5 Å². The largest absolute Gasteiger partial charge is 0.504 e. The number of esters is 1. The molecule has 2 N–H and O–H groups in total. The highest BCUT2D eigenvalue weighted by Gasteiger charge is 2.73. The number of ether oxygens (including phenoxy) is 3. The molecule has 5 rings (SSSR count). The smallest absolute Gasteiger partial charge is 0.323 e. The molecule has 0 amide bonds. The topological polar surface area (TPSA) is 80.3 Å². The maximum absolute atomic E-state index is 13.3. The van der Waals surface area contributed by atoms with E-state index in [0.717, 1.165) is 44.2 Å². The SMILES string of the molecule is CC[C@H](C)[C@H](NC1CC[C@@]2(OC)C3Cc4ccc(O)c5c4[C@@]2(CCN3C)[C@H]1O5)C(=O)OC(C)(C)C. The highest BCUT2D eigenvalue weighted by molar-refractivity contribution is 5.76. The zero-order valence-electron chi connectivity index (χ0n) is 22.3. The van der Waals surface area contributed by atoms with Gasteiger partial charge in [-0.25, -0.2) is 0 Å². The molecular weight excluding hydrogens is 444 g/mol. The van der Waals surface area contributed by atoms with Gasteiger partial charge < -0.3 is 24.2 Å². The summed E-state index contributed by atoms with van der Waals surface area (Å²) in [7, 11) is 4.04. The van der Waals surface area contributed by atoms with E-state index < -0.39 is 17.2 Å². The van der Waals surface area contributed by atoms with Gasteiger partial charge in [0, 0.05) is 24.8 Å². The van der Waals surface area contributed by atoms with Gasteiger partial charge in [-0.3, -0.25) is 10.1 Å². The summed E-state index contributed by atoms with van der Waals surface area (Å²) in [5.41, 5.74) is 1.07. The van der Waals surface area contributed by atoms with Gasteiger partial charge in [-0.2, -0.15) is 0 Å². The summed E-state index contributed by atoms with van der Waals surface area (Å²) in [6.45, 7) is 10.9. The standard InChI is InChI=1S/C28H42N2O5/c1-8-16(2)22(25(32)35-26(3,4)5)29-18-11-12-28(33-7)20-15-17-9-10-19(31)23-21(17)27(28,24(18)34-23)13-14-30(20)6/h9-10,16,18,20,22,24,29,31H,8,11-15H2,1-7H3/t16-,18?,20?,22-,24-,27-,28+/m0/s1. The molecule has 2 fully saturated rings. The van der Waals surface area contributed by atoms with Gasteiger partial charge in [0.05, 0.1) is 11.0 Å². The molecule has 1 saturated heterocycles. The molecule has 1 spiro atoms. The Hall–Kier alpha value is -1.83. The van der Waals surface area contributed by atoms with E-state index in [9.17, 15) is 9.90 Å². The molecule has 35 heavy (non-hydrogen) atoms. The van der Waals surface area contributed by atoms with Crippen molar-refractivity contribution in [2.45, 2.75) is 108 Å². The molecule has 4 aliphatic rings. The normalized spacial score (nSPS) is 35.1. The summed E-state index contributed by atoms with van der Waals surface area (Å²) in [5, 5.41) is 14.6. The van der Waals surface area contributed by atoms with Crippen molar-refractivity contribution in [1.29, 1.82) is 0 Å². The van der Waals surface area contributed by atoms with Gasteiger partial charge in [0.1, 0.15) is 17.7 Å². The zero-order valence-corrected chi connectivity index (χ0v) is 22.3. The molecule has 7 atom stereocenters. The third-order valence-electron chi connectivity index (χ3n) is 9.32. The van der Waals surface area contributed by atoms with E-state index in [1.54, 1.807) is 6.07 Å². The average Bonchev–Trinajstić information content (AvgIpc) is 3.16. The molecule has 1 aromatic carbocycles. The van der Waals surface area contributed by atoms with Crippen LogP contribution >= 0.6 is 0 Å². The first-order valence-electron chi connectivity index (χ1n) is 13.3. The minimum absolute atomic E-state index is 0.0633. The summed E-state index contributed by atoms with van der Waals surface area (Å²) in [6.07, 6.45) is 4.09. The lowest BCUT2D eigenvalue weighted by atomic mass is 9.48. The van der Waals surface area contributed by atoms with Gasteiger partial charge in [-0.1, -0.05) is 26.3 Å². The van der Waals surface area contributed by atoms with Crippen LogP contribution < -0.4 is 10.1 Å². The third kappa shape index (κ3) is 3.45. The van der Waals surface area contributed by atoms with Crippen molar-refractivity contribution in [1.82, 2.24) is 10.2 Å². The number of carbonyl (C=O) groups excluding carboxylic acids is 1. The van der Waals surface area contributed by atoms with Crippen LogP contribution in [0.25, 0.3) is 0 Å². The minimum Gasteiger partial charge on any atom is -0.504 e. The fraction of sp³-hybridized carbons (Fsp3) is 0.750. The van der Waals surface area contributed by atoms with Crippen molar-refractivity contribution in [3.8, 4) is 11.5 Å². The van der Waals surface area contributed by atoms with Gasteiger partial charge in [-0.05, 0) is 77.6 Å². The summed E-state index contributed by atoms with van der Waals surface area (Å²) >= 11 is 0. The van der Waals surface area contributed by atoms with Crippen LogP contribution in [0, 0.1) is 5.92 Å². The second kappa shape index (κ2) is 8.35. The summed E-state index contributed by atoms with van der Waals surface area (Å²) in [4.78, 5) is 15.7. The number of hydrogen-bond donors (Lipinski definition) is 2. The van der Waals surface area contributed by atoms with E-state index in [1.807, 2.05) is 27.9 Å². The van der Waals surface area contributed by atoms with Crippen molar-refractivity contribution in [2.75, 3.05) is 20.7 Å². The Labute approximate surface area is 209 Å². The molecule has 1 aromatic rings. The Morgan fingerprint density at radius 3 is 2.74 bits per heavy atom. The molecule has 7 nitrogen and oxygen atoms in total. The maximum atomic E-state index is 13.3. The van der Waals surface area contributed by atoms with Gasteiger partial charge in [0.2, 0.25) is 0 Å². The van der Waals surface area contributed by atoms with Crippen LogP contribution in [-0.4, -0.2) is 72.1 Å². The number of piperidine rings is 1. The number of phenols is 1. The first kappa shape index (κ1) is 24.8. The highest BCUT2D eigenvalue weighted by atomic mass is 16.6. The second-order valence-electron chi connectivity index (χ2n) is 12.2. The molecule has 7 heteroatoms. The number of likely N-dealkylation sites (N-methyl/N-ethyl adjacent to an activating group) is 1. The second-order valence-corrected chi connectivity index (χ2v) is 12.2. The predicted molar refractivity (Wildman–Crippen MR) is 134 cm³/mol. The zero-order chi connectivity index (χ0) is 25.3. The van der Waals surface area contributed by atoms with Gasteiger partial charge >= 0.3 is 5.97 Å². The Bertz CT molecular complexity index is 1010. The van der Waals surface area contributed by atoms with Crippen LogP contribution in [-0.2, 0) is 26.1 Å². The Morgan fingerprint density at radius 2 is 2.09 bits per heavy atom. The Balaban J connectivity index is 1.57. The lowest BCUT2D eigenvalue weighted by molar-refractivity contribution is -0.204. The fourth-order valence-corrected chi connectivity index (χ4v) is 7.61. The fourth-order valence-electron chi connectivity index (χ4n) is 7.61. The number of hydrogen-bond acceptors (Lipinski definition) is 7.